The molecule has 1 aliphatic heterocycles. The second kappa shape index (κ2) is 9.35. The lowest BCUT2D eigenvalue weighted by molar-refractivity contribution is -0.180. The van der Waals surface area contributed by atoms with Crippen molar-refractivity contribution in [2.75, 3.05) is 18.9 Å². The van der Waals surface area contributed by atoms with E-state index in [0.29, 0.717) is 53.7 Å². The van der Waals surface area contributed by atoms with Crippen LogP contribution in [-0.4, -0.2) is 45.3 Å². The van der Waals surface area contributed by atoms with E-state index in [0.717, 1.165) is 12.0 Å². The number of fused-ring (bicyclic) bond motifs is 1. The predicted molar refractivity (Wildman–Crippen MR) is 112 cm³/mol. The highest BCUT2D eigenvalue weighted by Gasteiger charge is 2.21. The van der Waals surface area contributed by atoms with E-state index in [1.165, 1.54) is 5.06 Å². The van der Waals surface area contributed by atoms with Crippen molar-refractivity contribution in [1.82, 2.24) is 20.0 Å². The summed E-state index contributed by atoms with van der Waals surface area (Å²) in [4.78, 5) is 35.7. The minimum atomic E-state index is -0.191. The Labute approximate surface area is 169 Å². The summed E-state index contributed by atoms with van der Waals surface area (Å²) in [6.45, 7) is 5.04. The van der Waals surface area contributed by atoms with Crippen LogP contribution >= 0.6 is 0 Å². The van der Waals surface area contributed by atoms with Crippen LogP contribution in [0.2, 0.25) is 0 Å². The predicted octanol–water partition coefficient (Wildman–Crippen LogP) is 2.26. The van der Waals surface area contributed by atoms with Gasteiger partial charge in [0.25, 0.3) is 5.91 Å². The molecule has 152 valence electrons. The molecule has 2 aromatic rings. The Balaban J connectivity index is 1.95. The molecule has 0 saturated carbocycles. The molecular formula is C20H25N7O2. The Kier molecular flexibility index (Phi) is 6.63. The van der Waals surface area contributed by atoms with Crippen molar-refractivity contribution in [1.29, 1.82) is 0 Å². The van der Waals surface area contributed by atoms with Gasteiger partial charge in [-0.1, -0.05) is 6.92 Å². The zero-order valence-electron chi connectivity index (χ0n) is 16.6. The number of rotatable bonds is 7. The molecule has 0 aliphatic carbocycles. The van der Waals surface area contributed by atoms with Crippen molar-refractivity contribution in [3.63, 3.8) is 0 Å². The van der Waals surface area contributed by atoms with Crippen LogP contribution in [0.15, 0.2) is 29.0 Å². The Bertz CT molecular complexity index is 933. The number of aliphatic imine (C=N–C) groups is 1. The monoisotopic (exact) mass is 395 g/mol. The summed E-state index contributed by atoms with van der Waals surface area (Å²) in [6, 6.07) is 1.82. The van der Waals surface area contributed by atoms with Gasteiger partial charge in [0, 0.05) is 48.3 Å². The molecule has 1 aliphatic rings. The summed E-state index contributed by atoms with van der Waals surface area (Å²) in [5.74, 6) is 0.663. The molecule has 0 radical (unpaired) electrons. The largest absolute Gasteiger partial charge is 0.383 e. The first kappa shape index (κ1) is 20.6. The third-order valence-corrected chi connectivity index (χ3v) is 4.32. The van der Waals surface area contributed by atoms with Gasteiger partial charge in [0.15, 0.2) is 0 Å². The molecule has 0 saturated heterocycles. The number of hydrogen-bond acceptors (Lipinski definition) is 8. The fourth-order valence-corrected chi connectivity index (χ4v) is 2.93. The van der Waals surface area contributed by atoms with Crippen LogP contribution in [0.4, 0.5) is 11.5 Å². The van der Waals surface area contributed by atoms with E-state index in [1.807, 2.05) is 19.9 Å². The van der Waals surface area contributed by atoms with Gasteiger partial charge in [-0.15, -0.1) is 0 Å². The van der Waals surface area contributed by atoms with Crippen LogP contribution < -0.4 is 11.5 Å². The maximum Gasteiger partial charge on any atom is 0.273 e. The minimum absolute atomic E-state index is 0.191. The summed E-state index contributed by atoms with van der Waals surface area (Å²) in [7, 11) is 0. The summed E-state index contributed by atoms with van der Waals surface area (Å²) in [5, 5.41) is 1.39. The van der Waals surface area contributed by atoms with E-state index in [-0.39, 0.29) is 12.5 Å². The maximum atomic E-state index is 12.9. The number of carbonyl (C=O) groups is 1. The Morgan fingerprint density at radius 2 is 2.03 bits per heavy atom. The molecule has 4 N–H and O–H groups in total. The molecule has 29 heavy (non-hydrogen) atoms. The molecule has 1 amide bonds. The third-order valence-electron chi connectivity index (χ3n) is 4.32. The van der Waals surface area contributed by atoms with Crippen molar-refractivity contribution < 1.29 is 9.63 Å². The van der Waals surface area contributed by atoms with E-state index in [9.17, 15) is 4.79 Å². The normalized spacial score (nSPS) is 12.9. The van der Waals surface area contributed by atoms with Gasteiger partial charge in [-0.05, 0) is 25.5 Å². The number of amides is 1. The molecule has 0 spiro atoms. The number of aromatic nitrogens is 3. The summed E-state index contributed by atoms with van der Waals surface area (Å²) in [6.07, 6.45) is 7.91. The first-order chi connectivity index (χ1) is 14.1. The lowest BCUT2D eigenvalue weighted by atomic mass is 10.1. The average molecular weight is 395 g/mol. The zero-order valence-corrected chi connectivity index (χ0v) is 16.6. The number of pyridine rings is 1. The number of nitrogens with two attached hydrogens (primary N) is 2. The molecular weight excluding hydrogens is 370 g/mol. The fourth-order valence-electron chi connectivity index (χ4n) is 2.93. The Morgan fingerprint density at radius 3 is 2.69 bits per heavy atom. The minimum Gasteiger partial charge on any atom is -0.383 e. The van der Waals surface area contributed by atoms with Crippen molar-refractivity contribution in [2.45, 2.75) is 33.2 Å². The van der Waals surface area contributed by atoms with Gasteiger partial charge >= 0.3 is 0 Å². The van der Waals surface area contributed by atoms with Crippen LogP contribution in [0.25, 0.3) is 17.2 Å². The highest BCUT2D eigenvalue weighted by Crippen LogP contribution is 2.33. The van der Waals surface area contributed by atoms with Crippen molar-refractivity contribution in [3.05, 3.63) is 35.6 Å². The molecule has 0 bridgehead atoms. The third kappa shape index (κ3) is 4.64. The zero-order chi connectivity index (χ0) is 20.8. The van der Waals surface area contributed by atoms with Gasteiger partial charge in [0.2, 0.25) is 0 Å². The Morgan fingerprint density at radius 1 is 1.28 bits per heavy atom. The number of nitrogen functional groups attached to an aromatic ring is 1. The fraction of sp³-hybridized carbons (Fsp3) is 0.350. The lowest BCUT2D eigenvalue weighted by Crippen LogP contribution is -2.33. The second-order valence-corrected chi connectivity index (χ2v) is 6.43. The van der Waals surface area contributed by atoms with Crippen LogP contribution in [-0.2, 0) is 16.2 Å². The number of hydroxylamine groups is 2. The highest BCUT2D eigenvalue weighted by atomic mass is 16.7. The summed E-state index contributed by atoms with van der Waals surface area (Å²) in [5.41, 5.74) is 14.8. The molecule has 0 fully saturated rings. The van der Waals surface area contributed by atoms with Gasteiger partial charge in [-0.25, -0.2) is 20.0 Å². The molecule has 0 aromatic carbocycles. The van der Waals surface area contributed by atoms with Crippen molar-refractivity contribution >= 4 is 29.7 Å². The summed E-state index contributed by atoms with van der Waals surface area (Å²) >= 11 is 0. The molecule has 9 heteroatoms. The van der Waals surface area contributed by atoms with Crippen molar-refractivity contribution in [2.24, 2.45) is 10.7 Å². The van der Waals surface area contributed by atoms with Crippen LogP contribution in [0.3, 0.4) is 0 Å². The van der Waals surface area contributed by atoms with Crippen LogP contribution in [0.5, 0.6) is 0 Å². The first-order valence-corrected chi connectivity index (χ1v) is 9.57. The van der Waals surface area contributed by atoms with Gasteiger partial charge < -0.3 is 11.5 Å². The number of nitrogens with zero attached hydrogens (tertiary/aromatic N) is 5. The quantitative estimate of drug-likeness (QED) is 0.687. The van der Waals surface area contributed by atoms with E-state index in [1.54, 1.807) is 24.7 Å². The average Bonchev–Trinajstić information content (AvgIpc) is 2.94. The summed E-state index contributed by atoms with van der Waals surface area (Å²) < 4.78 is 0. The van der Waals surface area contributed by atoms with Crippen LogP contribution in [0, 0.1) is 0 Å². The molecule has 2 aromatic heterocycles. The standard InChI is InChI=1S/C20H25N7O2/c1-3-7-27(29-4-2)20(28)13-5-6-23-16-9-15(19(22)26-17(16)8-13)14-11-24-18(10-21)25-12-14/h6,8-9,11-12H,3-5,7,10,21H2,1-2H3,(H2,22,26). The number of anilines is 1. The van der Waals surface area contributed by atoms with E-state index >= 15 is 0 Å². The smallest absolute Gasteiger partial charge is 0.273 e. The topological polar surface area (TPSA) is 133 Å². The first-order valence-electron chi connectivity index (χ1n) is 9.57. The van der Waals surface area contributed by atoms with E-state index in [2.05, 4.69) is 19.9 Å². The number of hydrogen-bond donors (Lipinski definition) is 2. The highest BCUT2D eigenvalue weighted by molar-refractivity contribution is 6.01. The lowest BCUT2D eigenvalue weighted by Gasteiger charge is -2.21. The van der Waals surface area contributed by atoms with Gasteiger partial charge in [0.05, 0.1) is 24.5 Å². The van der Waals surface area contributed by atoms with E-state index in [4.69, 9.17) is 16.3 Å². The molecule has 3 heterocycles. The molecule has 9 nitrogen and oxygen atoms in total. The number of carbonyl (C=O) groups excluding carboxylic acids is 1. The van der Waals surface area contributed by atoms with Gasteiger partial charge in [-0.2, -0.15) is 0 Å². The molecule has 3 rings (SSSR count). The van der Waals surface area contributed by atoms with Crippen LogP contribution in [0.1, 0.15) is 38.2 Å². The van der Waals surface area contributed by atoms with Crippen molar-refractivity contribution in [3.8, 4) is 11.1 Å². The Hall–Kier alpha value is -3.17. The van der Waals surface area contributed by atoms with Gasteiger partial charge in [0.1, 0.15) is 11.6 Å². The second-order valence-electron chi connectivity index (χ2n) is 6.43. The van der Waals surface area contributed by atoms with Gasteiger partial charge in [-0.3, -0.25) is 14.6 Å². The molecule has 0 unspecified atom stereocenters. The van der Waals surface area contributed by atoms with E-state index < -0.39 is 0 Å². The maximum absolute atomic E-state index is 12.9. The SMILES string of the molecule is CCCN(OCC)C(=O)C1=Cc2nc(N)c(-c3cnc(CN)nc3)cc2N=CC1. The molecule has 0 atom stereocenters.